The molecule has 1 aromatic rings. The van der Waals surface area contributed by atoms with Gasteiger partial charge < -0.3 is 9.80 Å². The molecular weight excluding hydrogens is 273 g/mol. The number of carbonyl (C=O) groups is 1. The number of aromatic nitrogens is 2. The highest BCUT2D eigenvalue weighted by atomic mass is 19.4. The van der Waals surface area contributed by atoms with Crippen LogP contribution < -0.4 is 4.90 Å². The molecule has 5 nitrogen and oxygen atoms in total. The zero-order valence-electron chi connectivity index (χ0n) is 11.0. The maximum atomic E-state index is 12.6. The zero-order valence-corrected chi connectivity index (χ0v) is 11.0. The zero-order chi connectivity index (χ0) is 14.8. The normalized spacial score (nSPS) is 16.4. The van der Waals surface area contributed by atoms with Crippen molar-refractivity contribution in [2.75, 3.05) is 31.1 Å². The third-order valence-corrected chi connectivity index (χ3v) is 3.15. The molecule has 1 aromatic heterocycles. The summed E-state index contributed by atoms with van der Waals surface area (Å²) in [5.74, 6) is 0.109. The molecule has 0 radical (unpaired) electrons. The van der Waals surface area contributed by atoms with Gasteiger partial charge in [0, 0.05) is 38.8 Å². The summed E-state index contributed by atoms with van der Waals surface area (Å²) in [6, 6.07) is 0.848. The molecule has 1 amide bonds. The molecule has 8 heteroatoms. The number of nitrogens with zero attached hydrogens (tertiary/aromatic N) is 4. The van der Waals surface area contributed by atoms with Crippen molar-refractivity contribution in [2.24, 2.45) is 0 Å². The number of carbonyl (C=O) groups excluding carboxylic acids is 1. The molecule has 0 bridgehead atoms. The Morgan fingerprint density at radius 3 is 2.50 bits per heavy atom. The second-order valence-electron chi connectivity index (χ2n) is 4.46. The van der Waals surface area contributed by atoms with Crippen LogP contribution in [0.5, 0.6) is 0 Å². The minimum absolute atomic E-state index is 0.0506. The quantitative estimate of drug-likeness (QED) is 0.828. The standard InChI is InChI=1S/C12H15F3N4O/c1-2-10(20)18-5-7-19(8-6-18)11-16-4-3-9(17-11)12(13,14)15/h3-4H,2,5-8H2,1H3. The van der Waals surface area contributed by atoms with Crippen LogP contribution in [0.3, 0.4) is 0 Å². The van der Waals surface area contributed by atoms with E-state index in [1.165, 1.54) is 0 Å². The number of amides is 1. The molecule has 1 fully saturated rings. The molecular formula is C12H15F3N4O. The fourth-order valence-electron chi connectivity index (χ4n) is 2.04. The molecule has 1 aliphatic rings. The lowest BCUT2D eigenvalue weighted by molar-refractivity contribution is -0.141. The summed E-state index contributed by atoms with van der Waals surface area (Å²) in [6.07, 6.45) is -2.94. The van der Waals surface area contributed by atoms with Crippen molar-refractivity contribution in [1.82, 2.24) is 14.9 Å². The molecule has 20 heavy (non-hydrogen) atoms. The second kappa shape index (κ2) is 5.64. The summed E-state index contributed by atoms with van der Waals surface area (Å²) < 4.78 is 37.8. The van der Waals surface area contributed by atoms with Crippen LogP contribution in [0.4, 0.5) is 19.1 Å². The number of alkyl halides is 3. The van der Waals surface area contributed by atoms with Crippen molar-refractivity contribution >= 4 is 11.9 Å². The van der Waals surface area contributed by atoms with Crippen molar-refractivity contribution in [2.45, 2.75) is 19.5 Å². The van der Waals surface area contributed by atoms with E-state index in [1.807, 2.05) is 0 Å². The van der Waals surface area contributed by atoms with Gasteiger partial charge in [-0.1, -0.05) is 6.92 Å². The first-order valence-corrected chi connectivity index (χ1v) is 6.34. The van der Waals surface area contributed by atoms with Crippen LogP contribution in [-0.2, 0) is 11.0 Å². The summed E-state index contributed by atoms with van der Waals surface area (Å²) in [6.45, 7) is 3.61. The minimum atomic E-state index is -4.47. The van der Waals surface area contributed by atoms with Gasteiger partial charge >= 0.3 is 6.18 Å². The van der Waals surface area contributed by atoms with Crippen LogP contribution in [0.25, 0.3) is 0 Å². The Kier molecular flexibility index (Phi) is 4.10. The van der Waals surface area contributed by atoms with E-state index in [-0.39, 0.29) is 11.9 Å². The van der Waals surface area contributed by atoms with Crippen LogP contribution in [0, 0.1) is 0 Å². The van der Waals surface area contributed by atoms with E-state index in [1.54, 1.807) is 16.7 Å². The average Bonchev–Trinajstić information content (AvgIpc) is 2.46. The van der Waals surface area contributed by atoms with Crippen LogP contribution in [0.1, 0.15) is 19.0 Å². The van der Waals surface area contributed by atoms with Gasteiger partial charge in [0.05, 0.1) is 0 Å². The SMILES string of the molecule is CCC(=O)N1CCN(c2nccc(C(F)(F)F)n2)CC1. The van der Waals surface area contributed by atoms with Crippen molar-refractivity contribution in [3.05, 3.63) is 18.0 Å². The number of rotatable bonds is 2. The molecule has 2 rings (SSSR count). The second-order valence-corrected chi connectivity index (χ2v) is 4.46. The predicted octanol–water partition coefficient (Wildman–Crippen LogP) is 1.55. The highest BCUT2D eigenvalue weighted by molar-refractivity contribution is 5.76. The summed E-state index contributed by atoms with van der Waals surface area (Å²) in [5, 5.41) is 0. The number of halogens is 3. The van der Waals surface area contributed by atoms with E-state index in [2.05, 4.69) is 9.97 Å². The van der Waals surface area contributed by atoms with Crippen molar-refractivity contribution < 1.29 is 18.0 Å². The molecule has 0 aromatic carbocycles. The maximum absolute atomic E-state index is 12.6. The molecule has 110 valence electrons. The summed E-state index contributed by atoms with van der Waals surface area (Å²) in [7, 11) is 0. The summed E-state index contributed by atoms with van der Waals surface area (Å²) in [5.41, 5.74) is -0.949. The fraction of sp³-hybridized carbons (Fsp3) is 0.583. The van der Waals surface area contributed by atoms with E-state index in [9.17, 15) is 18.0 Å². The summed E-state index contributed by atoms with van der Waals surface area (Å²) >= 11 is 0. The highest BCUT2D eigenvalue weighted by Crippen LogP contribution is 2.28. The number of anilines is 1. The van der Waals surface area contributed by atoms with Gasteiger partial charge in [0.1, 0.15) is 5.69 Å². The van der Waals surface area contributed by atoms with Gasteiger partial charge in [0.2, 0.25) is 11.9 Å². The van der Waals surface area contributed by atoms with E-state index in [0.717, 1.165) is 12.3 Å². The predicted molar refractivity (Wildman–Crippen MR) is 66.1 cm³/mol. The fourth-order valence-corrected chi connectivity index (χ4v) is 2.04. The maximum Gasteiger partial charge on any atom is 0.433 e. The van der Waals surface area contributed by atoms with Crippen LogP contribution in [-0.4, -0.2) is 47.0 Å². The lowest BCUT2D eigenvalue weighted by atomic mass is 10.3. The number of hydrogen-bond donors (Lipinski definition) is 0. The van der Waals surface area contributed by atoms with Gasteiger partial charge in [0.15, 0.2) is 0 Å². The van der Waals surface area contributed by atoms with E-state index >= 15 is 0 Å². The third kappa shape index (κ3) is 3.17. The molecule has 0 aliphatic carbocycles. The molecule has 0 unspecified atom stereocenters. The molecule has 1 aliphatic heterocycles. The monoisotopic (exact) mass is 288 g/mol. The Morgan fingerprint density at radius 2 is 1.95 bits per heavy atom. The van der Waals surface area contributed by atoms with Crippen molar-refractivity contribution in [1.29, 1.82) is 0 Å². The molecule has 0 saturated carbocycles. The Hall–Kier alpha value is -1.86. The van der Waals surface area contributed by atoms with Crippen LogP contribution >= 0.6 is 0 Å². The molecule has 0 atom stereocenters. The Bertz CT molecular complexity index is 484. The first-order valence-electron chi connectivity index (χ1n) is 6.34. The molecule has 0 spiro atoms. The number of piperazine rings is 1. The van der Waals surface area contributed by atoms with Crippen molar-refractivity contribution in [3.63, 3.8) is 0 Å². The Morgan fingerprint density at radius 1 is 1.30 bits per heavy atom. The topological polar surface area (TPSA) is 49.3 Å². The third-order valence-electron chi connectivity index (χ3n) is 3.15. The van der Waals surface area contributed by atoms with E-state index in [0.29, 0.717) is 32.6 Å². The lowest BCUT2D eigenvalue weighted by Gasteiger charge is -2.34. The Labute approximate surface area is 114 Å². The molecule has 2 heterocycles. The van der Waals surface area contributed by atoms with Gasteiger partial charge in [-0.05, 0) is 6.07 Å². The Balaban J connectivity index is 2.06. The van der Waals surface area contributed by atoms with Crippen LogP contribution in [0.15, 0.2) is 12.3 Å². The van der Waals surface area contributed by atoms with Gasteiger partial charge in [0.25, 0.3) is 0 Å². The van der Waals surface area contributed by atoms with Gasteiger partial charge in [-0.25, -0.2) is 9.97 Å². The summed E-state index contributed by atoms with van der Waals surface area (Å²) in [4.78, 5) is 22.3. The molecule has 0 N–H and O–H groups in total. The van der Waals surface area contributed by atoms with Gasteiger partial charge in [-0.15, -0.1) is 0 Å². The minimum Gasteiger partial charge on any atom is -0.339 e. The number of hydrogen-bond acceptors (Lipinski definition) is 4. The van der Waals surface area contributed by atoms with E-state index in [4.69, 9.17) is 0 Å². The van der Waals surface area contributed by atoms with Crippen LogP contribution in [0.2, 0.25) is 0 Å². The lowest BCUT2D eigenvalue weighted by Crippen LogP contribution is -2.49. The van der Waals surface area contributed by atoms with Crippen molar-refractivity contribution in [3.8, 4) is 0 Å². The first kappa shape index (κ1) is 14.5. The highest BCUT2D eigenvalue weighted by Gasteiger charge is 2.33. The average molecular weight is 288 g/mol. The van der Waals surface area contributed by atoms with E-state index < -0.39 is 11.9 Å². The van der Waals surface area contributed by atoms with Gasteiger partial charge in [-0.2, -0.15) is 13.2 Å². The van der Waals surface area contributed by atoms with Gasteiger partial charge in [-0.3, -0.25) is 4.79 Å². The largest absolute Gasteiger partial charge is 0.433 e. The first-order chi connectivity index (χ1) is 9.41. The molecule has 1 saturated heterocycles. The smallest absolute Gasteiger partial charge is 0.339 e.